The van der Waals surface area contributed by atoms with Crippen LogP contribution in [0.3, 0.4) is 0 Å². The molecule has 4 aromatic carbocycles. The highest BCUT2D eigenvalue weighted by Gasteiger charge is 2.36. The van der Waals surface area contributed by atoms with Gasteiger partial charge in [0.2, 0.25) is 5.95 Å². The summed E-state index contributed by atoms with van der Waals surface area (Å²) in [6.07, 6.45) is 2.15. The van der Waals surface area contributed by atoms with Crippen molar-refractivity contribution < 1.29 is 14.4 Å². The molecule has 0 aliphatic carbocycles. The molecule has 5 aromatic rings. The molecule has 0 atom stereocenters. The van der Waals surface area contributed by atoms with Gasteiger partial charge in [0.1, 0.15) is 0 Å². The van der Waals surface area contributed by atoms with Gasteiger partial charge in [-0.3, -0.25) is 19.4 Å². The first-order valence-electron chi connectivity index (χ1n) is 14.2. The lowest BCUT2D eigenvalue weighted by atomic mass is 10.1. The van der Waals surface area contributed by atoms with Crippen LogP contribution in [0.25, 0.3) is 0 Å². The van der Waals surface area contributed by atoms with Crippen LogP contribution in [-0.4, -0.2) is 39.3 Å². The Hall–Kier alpha value is -5.25. The number of anilines is 5. The van der Waals surface area contributed by atoms with Crippen LogP contribution in [0.15, 0.2) is 103 Å². The largest absolute Gasteiger partial charge is 0.335 e. The zero-order valence-electron chi connectivity index (χ0n) is 23.7. The fourth-order valence-corrected chi connectivity index (χ4v) is 5.99. The van der Waals surface area contributed by atoms with Crippen molar-refractivity contribution in [2.24, 2.45) is 0 Å². The topological polar surface area (TPSA) is 98.7 Å². The van der Waals surface area contributed by atoms with E-state index in [1.807, 2.05) is 54.6 Å². The van der Waals surface area contributed by atoms with Gasteiger partial charge < -0.3 is 5.32 Å². The van der Waals surface area contributed by atoms with Gasteiger partial charge in [-0.05, 0) is 66.6 Å². The Labute approximate surface area is 268 Å². The van der Waals surface area contributed by atoms with Crippen LogP contribution in [0, 0.1) is 0 Å². The number of para-hydroxylation sites is 1. The van der Waals surface area contributed by atoms with Crippen molar-refractivity contribution >= 4 is 69.9 Å². The molecule has 0 unspecified atom stereocenters. The van der Waals surface area contributed by atoms with Crippen molar-refractivity contribution in [2.45, 2.75) is 13.0 Å². The van der Waals surface area contributed by atoms with Gasteiger partial charge in [-0.25, -0.2) is 14.7 Å². The smallest absolute Gasteiger partial charge is 0.324 e. The number of fused-ring (bicyclic) bond motifs is 2. The van der Waals surface area contributed by atoms with E-state index in [4.69, 9.17) is 28.2 Å². The summed E-state index contributed by atoms with van der Waals surface area (Å²) in [4.78, 5) is 53.4. The summed E-state index contributed by atoms with van der Waals surface area (Å²) in [6.45, 7) is 0.442. The van der Waals surface area contributed by atoms with Gasteiger partial charge in [0.05, 0.1) is 34.1 Å². The van der Waals surface area contributed by atoms with Gasteiger partial charge in [-0.2, -0.15) is 4.98 Å². The van der Waals surface area contributed by atoms with E-state index in [0.717, 1.165) is 11.3 Å². The summed E-state index contributed by atoms with van der Waals surface area (Å²) in [6, 6.07) is 28.4. The molecule has 222 valence electrons. The van der Waals surface area contributed by atoms with Crippen LogP contribution in [0.5, 0.6) is 0 Å². The molecule has 3 heterocycles. The molecule has 0 bridgehead atoms. The zero-order valence-corrected chi connectivity index (χ0v) is 25.2. The first kappa shape index (κ1) is 28.5. The van der Waals surface area contributed by atoms with E-state index in [0.29, 0.717) is 56.3 Å². The average Bonchev–Trinajstić information content (AvgIpc) is 3.29. The van der Waals surface area contributed by atoms with Crippen molar-refractivity contribution in [3.8, 4) is 0 Å². The first-order valence-corrected chi connectivity index (χ1v) is 14.9. The summed E-state index contributed by atoms with van der Waals surface area (Å²) in [5, 5.41) is 4.00. The number of benzene rings is 4. The maximum absolute atomic E-state index is 14.2. The molecule has 11 heteroatoms. The third-order valence-corrected chi connectivity index (χ3v) is 8.27. The van der Waals surface area contributed by atoms with Crippen LogP contribution in [0.4, 0.5) is 33.6 Å². The third-order valence-electron chi connectivity index (χ3n) is 7.73. The quantitative estimate of drug-likeness (QED) is 0.185. The number of hydrogen-bond acceptors (Lipinski definition) is 6. The highest BCUT2D eigenvalue weighted by Crippen LogP contribution is 2.39. The van der Waals surface area contributed by atoms with E-state index in [2.05, 4.69) is 10.3 Å². The number of nitrogens with one attached hydrogen (secondary N) is 1. The normalized spacial score (nSPS) is 14.1. The van der Waals surface area contributed by atoms with Crippen molar-refractivity contribution in [1.29, 1.82) is 0 Å². The Balaban J connectivity index is 1.18. The molecule has 7 rings (SSSR count). The molecule has 0 saturated heterocycles. The summed E-state index contributed by atoms with van der Waals surface area (Å²) < 4.78 is 0. The SMILES string of the molecule is O=C1c2ccccc2C(=O)N1CCc1ccc(N2C(=O)N(c3ccc(Cl)cc3Cl)Cc3cnc(Nc4ccccc4)nc32)cc1. The van der Waals surface area contributed by atoms with E-state index in [-0.39, 0.29) is 30.9 Å². The molecule has 2 aliphatic heterocycles. The Morgan fingerprint density at radius 3 is 2.18 bits per heavy atom. The molecular weight excluding hydrogens is 611 g/mol. The van der Waals surface area contributed by atoms with E-state index >= 15 is 0 Å². The number of carbonyl (C=O) groups is 3. The number of hydrogen-bond donors (Lipinski definition) is 1. The van der Waals surface area contributed by atoms with Gasteiger partial charge in [-0.15, -0.1) is 0 Å². The number of urea groups is 1. The minimum absolute atomic E-state index is 0.204. The molecule has 4 amide bonds. The molecule has 9 nitrogen and oxygen atoms in total. The third kappa shape index (κ3) is 5.37. The summed E-state index contributed by atoms with van der Waals surface area (Å²) in [5.41, 5.74) is 4.35. The summed E-state index contributed by atoms with van der Waals surface area (Å²) >= 11 is 12.7. The van der Waals surface area contributed by atoms with Crippen LogP contribution in [-0.2, 0) is 13.0 Å². The van der Waals surface area contributed by atoms with E-state index in [1.165, 1.54) is 9.80 Å². The number of nitrogens with zero attached hydrogens (tertiary/aromatic N) is 5. The lowest BCUT2D eigenvalue weighted by Gasteiger charge is -2.36. The van der Waals surface area contributed by atoms with E-state index < -0.39 is 0 Å². The lowest BCUT2D eigenvalue weighted by Crippen LogP contribution is -2.45. The Morgan fingerprint density at radius 1 is 0.800 bits per heavy atom. The Morgan fingerprint density at radius 2 is 1.49 bits per heavy atom. The number of amides is 4. The molecule has 1 aromatic heterocycles. The second-order valence-electron chi connectivity index (χ2n) is 10.6. The molecule has 0 radical (unpaired) electrons. The van der Waals surface area contributed by atoms with Crippen LogP contribution in [0.1, 0.15) is 31.8 Å². The van der Waals surface area contributed by atoms with Gasteiger partial charge >= 0.3 is 6.03 Å². The van der Waals surface area contributed by atoms with Gasteiger partial charge in [0, 0.05) is 29.0 Å². The van der Waals surface area contributed by atoms with Gasteiger partial charge in [-0.1, -0.05) is 65.7 Å². The summed E-state index contributed by atoms with van der Waals surface area (Å²) in [7, 11) is 0. The van der Waals surface area contributed by atoms with Gasteiger partial charge in [0.15, 0.2) is 5.82 Å². The zero-order chi connectivity index (χ0) is 31.1. The number of halogens is 2. The maximum Gasteiger partial charge on any atom is 0.335 e. The average molecular weight is 636 g/mol. The van der Waals surface area contributed by atoms with Gasteiger partial charge in [0.25, 0.3) is 11.8 Å². The van der Waals surface area contributed by atoms with Crippen molar-refractivity contribution in [2.75, 3.05) is 21.7 Å². The predicted octanol–water partition coefficient (Wildman–Crippen LogP) is 7.64. The second-order valence-corrected chi connectivity index (χ2v) is 11.4. The highest BCUT2D eigenvalue weighted by atomic mass is 35.5. The Kier molecular flexibility index (Phi) is 7.40. The molecular formula is C34H24Cl2N6O3. The van der Waals surface area contributed by atoms with Crippen LogP contribution in [0.2, 0.25) is 10.0 Å². The fourth-order valence-electron chi connectivity index (χ4n) is 5.48. The molecule has 2 aliphatic rings. The van der Waals surface area contributed by atoms with Crippen molar-refractivity contribution in [1.82, 2.24) is 14.9 Å². The first-order chi connectivity index (χ1) is 21.9. The van der Waals surface area contributed by atoms with Crippen molar-refractivity contribution in [3.05, 3.63) is 136 Å². The number of aromatic nitrogens is 2. The molecule has 0 spiro atoms. The standard InChI is InChI=1S/C34H24Cl2N6O3/c35-23-12-15-29(28(36)18-23)41-20-22-19-37-33(38-24-6-2-1-3-7-24)39-30(22)42(34(41)45)25-13-10-21(11-14-25)16-17-40-31(43)26-8-4-5-9-27(26)32(40)44/h1-15,18-19H,16-17,20H2,(H,37,38,39). The number of rotatable bonds is 7. The van der Waals surface area contributed by atoms with E-state index in [9.17, 15) is 14.4 Å². The minimum Gasteiger partial charge on any atom is -0.324 e. The molecule has 45 heavy (non-hydrogen) atoms. The minimum atomic E-state index is -0.352. The summed E-state index contributed by atoms with van der Waals surface area (Å²) in [5.74, 6) is 0.202. The molecule has 0 saturated carbocycles. The lowest BCUT2D eigenvalue weighted by molar-refractivity contribution is 0.0656. The van der Waals surface area contributed by atoms with Crippen molar-refractivity contribution in [3.63, 3.8) is 0 Å². The number of carbonyl (C=O) groups excluding carboxylic acids is 3. The van der Waals surface area contributed by atoms with E-state index in [1.54, 1.807) is 53.6 Å². The second kappa shape index (κ2) is 11.7. The van der Waals surface area contributed by atoms with Crippen LogP contribution < -0.4 is 15.1 Å². The molecule has 1 N–H and O–H groups in total. The predicted molar refractivity (Wildman–Crippen MR) is 174 cm³/mol. The monoisotopic (exact) mass is 634 g/mol. The highest BCUT2D eigenvalue weighted by molar-refractivity contribution is 6.37. The fraction of sp³-hybridized carbons (Fsp3) is 0.0882. The Bertz CT molecular complexity index is 1930. The van der Waals surface area contributed by atoms with Crippen LogP contribution >= 0.6 is 23.2 Å². The maximum atomic E-state index is 14.2. The number of imide groups is 1. The molecule has 0 fully saturated rings.